The number of piperidine rings is 2. The highest BCUT2D eigenvalue weighted by atomic mass is 16.2. The monoisotopic (exact) mass is 267 g/mol. The van der Waals surface area contributed by atoms with Gasteiger partial charge in [0.2, 0.25) is 11.8 Å². The summed E-state index contributed by atoms with van der Waals surface area (Å²) in [6.45, 7) is 2.92. The molecule has 2 heterocycles. The first-order valence-electron chi connectivity index (χ1n) is 6.85. The Labute approximate surface area is 112 Å². The summed E-state index contributed by atoms with van der Waals surface area (Å²) in [5.74, 6) is -0.658. The number of carbonyl (C=O) groups excluding carboxylic acids is 3. The van der Waals surface area contributed by atoms with Crippen molar-refractivity contribution in [3.63, 3.8) is 0 Å². The highest BCUT2D eigenvalue weighted by Gasteiger charge is 2.35. The number of amides is 3. The van der Waals surface area contributed by atoms with Crippen LogP contribution in [0.4, 0.5) is 0 Å². The molecule has 2 rings (SSSR count). The van der Waals surface area contributed by atoms with Gasteiger partial charge in [-0.25, -0.2) is 0 Å². The number of hydrogen-bond donors (Lipinski definition) is 2. The Balaban J connectivity index is 1.95. The van der Waals surface area contributed by atoms with Crippen molar-refractivity contribution in [2.45, 2.75) is 44.7 Å². The third kappa shape index (κ3) is 2.94. The minimum atomic E-state index is -0.552. The molecule has 6 heteroatoms. The molecule has 2 aliphatic rings. The molecule has 0 spiro atoms. The number of rotatable bonds is 2. The Hall–Kier alpha value is -1.43. The van der Waals surface area contributed by atoms with Crippen LogP contribution in [0.25, 0.3) is 0 Å². The topological polar surface area (TPSA) is 78.5 Å². The summed E-state index contributed by atoms with van der Waals surface area (Å²) < 4.78 is 0. The largest absolute Gasteiger partial charge is 0.344 e. The smallest absolute Gasteiger partial charge is 0.251 e. The van der Waals surface area contributed by atoms with Gasteiger partial charge in [0.15, 0.2) is 0 Å². The normalized spacial score (nSPS) is 32.3. The minimum Gasteiger partial charge on any atom is -0.344 e. The van der Waals surface area contributed by atoms with Gasteiger partial charge < -0.3 is 10.6 Å². The Morgan fingerprint density at radius 1 is 1.37 bits per heavy atom. The van der Waals surface area contributed by atoms with Crippen molar-refractivity contribution in [2.75, 3.05) is 13.6 Å². The Morgan fingerprint density at radius 2 is 2.11 bits per heavy atom. The predicted molar refractivity (Wildman–Crippen MR) is 69.1 cm³/mol. The van der Waals surface area contributed by atoms with Crippen LogP contribution in [0.15, 0.2) is 0 Å². The lowest BCUT2D eigenvalue weighted by molar-refractivity contribution is -0.149. The third-order valence-corrected chi connectivity index (χ3v) is 4.06. The van der Waals surface area contributed by atoms with Crippen molar-refractivity contribution in [1.82, 2.24) is 15.5 Å². The van der Waals surface area contributed by atoms with Gasteiger partial charge in [0, 0.05) is 19.5 Å². The summed E-state index contributed by atoms with van der Waals surface area (Å²) in [5.41, 5.74) is 0. The van der Waals surface area contributed by atoms with Crippen LogP contribution >= 0.6 is 0 Å². The standard InChI is InChI=1S/C13H21N3O3/c1-8-9(4-3-7-14-8)12(18)15-10-5-6-11(17)16(2)13(10)19/h8-10,14H,3-7H2,1-2H3,(H,15,18). The SMILES string of the molecule is CC1NCCCC1C(=O)NC1CCC(=O)N(C)C1=O. The van der Waals surface area contributed by atoms with Crippen molar-refractivity contribution < 1.29 is 14.4 Å². The number of hydrogen-bond acceptors (Lipinski definition) is 4. The van der Waals surface area contributed by atoms with Crippen LogP contribution in [-0.4, -0.2) is 48.3 Å². The number of likely N-dealkylation sites (N-methyl/N-ethyl adjacent to an activating group) is 1. The summed E-state index contributed by atoms with van der Waals surface area (Å²) in [5, 5.41) is 6.06. The summed E-state index contributed by atoms with van der Waals surface area (Å²) in [6, 6.07) is -0.420. The molecule has 2 saturated heterocycles. The van der Waals surface area contributed by atoms with Crippen molar-refractivity contribution in [1.29, 1.82) is 0 Å². The predicted octanol–water partition coefficient (Wildman–Crippen LogP) is -0.362. The molecule has 3 unspecified atom stereocenters. The molecule has 6 nitrogen and oxygen atoms in total. The van der Waals surface area contributed by atoms with E-state index < -0.39 is 6.04 Å². The quantitative estimate of drug-likeness (QED) is 0.670. The molecule has 3 amide bonds. The molecule has 2 N–H and O–H groups in total. The van der Waals surface area contributed by atoms with E-state index in [4.69, 9.17) is 0 Å². The van der Waals surface area contributed by atoms with Gasteiger partial charge in [0.1, 0.15) is 6.04 Å². The van der Waals surface area contributed by atoms with Gasteiger partial charge in [0.05, 0.1) is 5.92 Å². The van der Waals surface area contributed by atoms with E-state index in [0.29, 0.717) is 12.8 Å². The molecule has 106 valence electrons. The molecular formula is C13H21N3O3. The summed E-state index contributed by atoms with van der Waals surface area (Å²) in [7, 11) is 1.47. The highest BCUT2D eigenvalue weighted by molar-refractivity contribution is 6.01. The lowest BCUT2D eigenvalue weighted by Crippen LogP contribution is -2.56. The number of nitrogens with one attached hydrogen (secondary N) is 2. The molecule has 0 aromatic rings. The van der Waals surface area contributed by atoms with Crippen LogP contribution in [0.1, 0.15) is 32.6 Å². The fourth-order valence-electron chi connectivity index (χ4n) is 2.73. The van der Waals surface area contributed by atoms with E-state index in [2.05, 4.69) is 10.6 Å². The second-order valence-electron chi connectivity index (χ2n) is 5.38. The van der Waals surface area contributed by atoms with Gasteiger partial charge >= 0.3 is 0 Å². The molecule has 0 radical (unpaired) electrons. The molecule has 2 aliphatic heterocycles. The highest BCUT2D eigenvalue weighted by Crippen LogP contribution is 2.18. The van der Waals surface area contributed by atoms with Crippen LogP contribution in [0.3, 0.4) is 0 Å². The molecule has 0 bridgehead atoms. The zero-order valence-corrected chi connectivity index (χ0v) is 11.4. The van der Waals surface area contributed by atoms with Gasteiger partial charge in [0.25, 0.3) is 5.91 Å². The zero-order valence-electron chi connectivity index (χ0n) is 11.4. The lowest BCUT2D eigenvalue weighted by Gasteiger charge is -2.32. The fourth-order valence-corrected chi connectivity index (χ4v) is 2.73. The van der Waals surface area contributed by atoms with Crippen molar-refractivity contribution in [2.24, 2.45) is 5.92 Å². The molecule has 0 aromatic heterocycles. The van der Waals surface area contributed by atoms with Crippen LogP contribution in [0, 0.1) is 5.92 Å². The molecule has 19 heavy (non-hydrogen) atoms. The van der Waals surface area contributed by atoms with E-state index in [-0.39, 0.29) is 29.7 Å². The second kappa shape index (κ2) is 5.69. The Kier molecular flexibility index (Phi) is 4.19. The van der Waals surface area contributed by atoms with Gasteiger partial charge in [-0.2, -0.15) is 0 Å². The zero-order chi connectivity index (χ0) is 14.0. The van der Waals surface area contributed by atoms with E-state index >= 15 is 0 Å². The third-order valence-electron chi connectivity index (χ3n) is 4.06. The van der Waals surface area contributed by atoms with Crippen molar-refractivity contribution >= 4 is 17.7 Å². The van der Waals surface area contributed by atoms with Crippen LogP contribution in [0.5, 0.6) is 0 Å². The van der Waals surface area contributed by atoms with Crippen LogP contribution in [0.2, 0.25) is 0 Å². The van der Waals surface area contributed by atoms with E-state index in [1.807, 2.05) is 6.92 Å². The second-order valence-corrected chi connectivity index (χ2v) is 5.38. The minimum absolute atomic E-state index is 0.0826. The molecule has 3 atom stereocenters. The van der Waals surface area contributed by atoms with Crippen LogP contribution < -0.4 is 10.6 Å². The van der Waals surface area contributed by atoms with Gasteiger partial charge in [-0.05, 0) is 32.7 Å². The van der Waals surface area contributed by atoms with Crippen LogP contribution in [-0.2, 0) is 14.4 Å². The van der Waals surface area contributed by atoms with E-state index in [0.717, 1.165) is 24.3 Å². The average Bonchev–Trinajstić information content (AvgIpc) is 2.40. The van der Waals surface area contributed by atoms with Gasteiger partial charge in [-0.15, -0.1) is 0 Å². The van der Waals surface area contributed by atoms with E-state index in [1.165, 1.54) is 7.05 Å². The molecule has 2 fully saturated rings. The molecular weight excluding hydrogens is 246 g/mol. The lowest BCUT2D eigenvalue weighted by atomic mass is 9.90. The fraction of sp³-hybridized carbons (Fsp3) is 0.769. The average molecular weight is 267 g/mol. The maximum absolute atomic E-state index is 12.2. The first kappa shape index (κ1) is 14.0. The maximum atomic E-state index is 12.2. The molecule has 0 saturated carbocycles. The number of likely N-dealkylation sites (tertiary alicyclic amines) is 1. The first-order chi connectivity index (χ1) is 9.00. The first-order valence-corrected chi connectivity index (χ1v) is 6.85. The summed E-state index contributed by atoms with van der Waals surface area (Å²) >= 11 is 0. The molecule has 0 aliphatic carbocycles. The Bertz CT molecular complexity index is 397. The van der Waals surface area contributed by atoms with E-state index in [9.17, 15) is 14.4 Å². The number of carbonyl (C=O) groups is 3. The van der Waals surface area contributed by atoms with Crippen molar-refractivity contribution in [3.05, 3.63) is 0 Å². The van der Waals surface area contributed by atoms with E-state index in [1.54, 1.807) is 0 Å². The maximum Gasteiger partial charge on any atom is 0.251 e. The van der Waals surface area contributed by atoms with Crippen molar-refractivity contribution in [3.8, 4) is 0 Å². The van der Waals surface area contributed by atoms with Gasteiger partial charge in [-0.3, -0.25) is 19.3 Å². The summed E-state index contributed by atoms with van der Waals surface area (Å²) in [4.78, 5) is 36.6. The molecule has 0 aromatic carbocycles. The van der Waals surface area contributed by atoms with Gasteiger partial charge in [-0.1, -0.05) is 0 Å². The number of nitrogens with zero attached hydrogens (tertiary/aromatic N) is 1. The Morgan fingerprint density at radius 3 is 2.79 bits per heavy atom. The number of imide groups is 1. The summed E-state index contributed by atoms with van der Waals surface area (Å²) in [6.07, 6.45) is 2.53.